The Morgan fingerprint density at radius 2 is 2.08 bits per heavy atom. The van der Waals surface area contributed by atoms with Crippen LogP contribution >= 0.6 is 24.0 Å². The predicted octanol–water partition coefficient (Wildman–Crippen LogP) is 3.86. The molecule has 0 aliphatic rings. The molecule has 0 fully saturated rings. The molecule has 0 bridgehead atoms. The van der Waals surface area contributed by atoms with Gasteiger partial charge in [-0.2, -0.15) is 0 Å². The highest BCUT2D eigenvalue weighted by Crippen LogP contribution is 2.10. The van der Waals surface area contributed by atoms with E-state index in [4.69, 9.17) is 0 Å². The summed E-state index contributed by atoms with van der Waals surface area (Å²) in [6.45, 7) is 11.0. The van der Waals surface area contributed by atoms with Gasteiger partial charge in [-0.25, -0.2) is 14.4 Å². The molecule has 26 heavy (non-hydrogen) atoms. The summed E-state index contributed by atoms with van der Waals surface area (Å²) < 4.78 is 15.5. The zero-order valence-corrected chi connectivity index (χ0v) is 18.3. The van der Waals surface area contributed by atoms with Gasteiger partial charge in [-0.3, -0.25) is 0 Å². The highest BCUT2D eigenvalue weighted by atomic mass is 127. The number of hydrogen-bond donors (Lipinski definition) is 2. The molecular formula is C19H29FIN5. The molecule has 5 nitrogen and oxygen atoms in total. The van der Waals surface area contributed by atoms with Crippen molar-refractivity contribution in [3.8, 4) is 0 Å². The van der Waals surface area contributed by atoms with Crippen LogP contribution in [0.4, 0.5) is 4.39 Å². The minimum Gasteiger partial charge on any atom is -0.357 e. The molecule has 2 N–H and O–H groups in total. The van der Waals surface area contributed by atoms with Crippen LogP contribution in [0, 0.1) is 18.7 Å². The molecule has 1 heterocycles. The molecule has 144 valence electrons. The lowest BCUT2D eigenvalue weighted by Crippen LogP contribution is -2.37. The quantitative estimate of drug-likeness (QED) is 0.365. The molecule has 2 aromatic rings. The van der Waals surface area contributed by atoms with Crippen molar-refractivity contribution in [2.75, 3.05) is 6.54 Å². The number of nitrogens with zero attached hydrogens (tertiary/aromatic N) is 3. The fraction of sp³-hybridized carbons (Fsp3) is 0.474. The Morgan fingerprint density at radius 1 is 1.31 bits per heavy atom. The fourth-order valence-electron chi connectivity index (χ4n) is 2.55. The molecular weight excluding hydrogens is 444 g/mol. The Kier molecular flexibility index (Phi) is 9.61. The van der Waals surface area contributed by atoms with Gasteiger partial charge in [0, 0.05) is 25.5 Å². The van der Waals surface area contributed by atoms with E-state index in [1.807, 2.05) is 25.4 Å². The first-order chi connectivity index (χ1) is 12.0. The third-order valence-corrected chi connectivity index (χ3v) is 3.76. The molecule has 0 atom stereocenters. The zero-order chi connectivity index (χ0) is 18.2. The lowest BCUT2D eigenvalue weighted by Gasteiger charge is -2.14. The van der Waals surface area contributed by atoms with Gasteiger partial charge in [0.2, 0.25) is 0 Å². The first kappa shape index (κ1) is 22.4. The topological polar surface area (TPSA) is 54.2 Å². The van der Waals surface area contributed by atoms with Crippen molar-refractivity contribution in [2.45, 2.75) is 47.3 Å². The summed E-state index contributed by atoms with van der Waals surface area (Å²) >= 11 is 0. The number of benzene rings is 1. The maximum atomic E-state index is 13.4. The average molecular weight is 473 g/mol. The van der Waals surface area contributed by atoms with Crippen molar-refractivity contribution in [3.05, 3.63) is 53.4 Å². The van der Waals surface area contributed by atoms with E-state index in [9.17, 15) is 4.39 Å². The van der Waals surface area contributed by atoms with Crippen LogP contribution in [0.3, 0.4) is 0 Å². The SMILES string of the molecule is CCNC(=NCc1ccc(F)c(C)c1)NCc1nccn1CC(C)C.I. The van der Waals surface area contributed by atoms with Crippen molar-refractivity contribution < 1.29 is 4.39 Å². The van der Waals surface area contributed by atoms with Crippen molar-refractivity contribution in [1.29, 1.82) is 0 Å². The molecule has 1 aromatic heterocycles. The predicted molar refractivity (Wildman–Crippen MR) is 115 cm³/mol. The second-order valence-electron chi connectivity index (χ2n) is 6.52. The van der Waals surface area contributed by atoms with Crippen molar-refractivity contribution in [1.82, 2.24) is 20.2 Å². The standard InChI is InChI=1S/C19H28FN5.HI/c1-5-21-19(23-11-16-6-7-17(20)15(4)10-16)24-12-18-22-8-9-25(18)13-14(2)3;/h6-10,14H,5,11-13H2,1-4H3,(H2,21,23,24);1H. The number of guanidine groups is 1. The first-order valence-electron chi connectivity index (χ1n) is 8.76. The van der Waals surface area contributed by atoms with Gasteiger partial charge in [-0.15, -0.1) is 24.0 Å². The number of aliphatic imine (C=N–C) groups is 1. The number of hydrogen-bond acceptors (Lipinski definition) is 2. The first-order valence-corrected chi connectivity index (χ1v) is 8.76. The van der Waals surface area contributed by atoms with Crippen LogP contribution in [-0.2, 0) is 19.6 Å². The summed E-state index contributed by atoms with van der Waals surface area (Å²) in [5.41, 5.74) is 1.62. The summed E-state index contributed by atoms with van der Waals surface area (Å²) in [5, 5.41) is 6.54. The Hall–Kier alpha value is -1.64. The molecule has 0 aliphatic carbocycles. The number of rotatable bonds is 7. The van der Waals surface area contributed by atoms with E-state index < -0.39 is 0 Å². The molecule has 0 amide bonds. The van der Waals surface area contributed by atoms with Crippen LogP contribution in [0.5, 0.6) is 0 Å². The number of nitrogens with one attached hydrogen (secondary N) is 2. The summed E-state index contributed by atoms with van der Waals surface area (Å²) in [6.07, 6.45) is 3.83. The van der Waals surface area contributed by atoms with Crippen LogP contribution in [-0.4, -0.2) is 22.1 Å². The second kappa shape index (κ2) is 11.2. The Morgan fingerprint density at radius 3 is 2.73 bits per heavy atom. The Labute approximate surface area is 172 Å². The van der Waals surface area contributed by atoms with Gasteiger partial charge in [0.25, 0.3) is 0 Å². The van der Waals surface area contributed by atoms with E-state index in [2.05, 4.69) is 39.0 Å². The second-order valence-corrected chi connectivity index (χ2v) is 6.52. The molecule has 0 unspecified atom stereocenters. The molecule has 1 aromatic carbocycles. The maximum Gasteiger partial charge on any atom is 0.191 e. The van der Waals surface area contributed by atoms with E-state index >= 15 is 0 Å². The molecule has 0 spiro atoms. The largest absolute Gasteiger partial charge is 0.357 e. The molecule has 0 saturated carbocycles. The van der Waals surface area contributed by atoms with Gasteiger partial charge in [0.1, 0.15) is 11.6 Å². The summed E-state index contributed by atoms with van der Waals surface area (Å²) in [7, 11) is 0. The molecule has 0 saturated heterocycles. The van der Waals surface area contributed by atoms with Crippen molar-refractivity contribution >= 4 is 29.9 Å². The van der Waals surface area contributed by atoms with Crippen LogP contribution in [0.15, 0.2) is 35.6 Å². The van der Waals surface area contributed by atoms with Crippen LogP contribution < -0.4 is 10.6 Å². The van der Waals surface area contributed by atoms with Crippen LogP contribution in [0.2, 0.25) is 0 Å². The van der Waals surface area contributed by atoms with Gasteiger partial charge in [0.05, 0.1) is 13.1 Å². The average Bonchev–Trinajstić information content (AvgIpc) is 2.99. The molecule has 0 aliphatic heterocycles. The Balaban J connectivity index is 0.00000338. The normalized spacial score (nSPS) is 11.4. The van der Waals surface area contributed by atoms with Gasteiger partial charge in [-0.1, -0.05) is 26.0 Å². The monoisotopic (exact) mass is 473 g/mol. The lowest BCUT2D eigenvalue weighted by atomic mass is 10.1. The van der Waals surface area contributed by atoms with E-state index in [0.717, 1.165) is 30.4 Å². The minimum absolute atomic E-state index is 0. The molecule has 0 radical (unpaired) electrons. The number of halogens is 2. The van der Waals surface area contributed by atoms with Gasteiger partial charge in [-0.05, 0) is 37.0 Å². The third-order valence-electron chi connectivity index (χ3n) is 3.76. The smallest absolute Gasteiger partial charge is 0.191 e. The maximum absolute atomic E-state index is 13.4. The Bertz CT molecular complexity index is 712. The van der Waals surface area contributed by atoms with Gasteiger partial charge < -0.3 is 15.2 Å². The van der Waals surface area contributed by atoms with Crippen molar-refractivity contribution in [3.63, 3.8) is 0 Å². The minimum atomic E-state index is -0.185. The number of imidazole rings is 1. The zero-order valence-electron chi connectivity index (χ0n) is 15.9. The third kappa shape index (κ3) is 6.93. The number of aromatic nitrogens is 2. The molecule has 7 heteroatoms. The summed E-state index contributed by atoms with van der Waals surface area (Å²) in [5.74, 6) is 2.09. The molecule has 2 rings (SSSR count). The van der Waals surface area contributed by atoms with Gasteiger partial charge in [0.15, 0.2) is 5.96 Å². The van der Waals surface area contributed by atoms with Gasteiger partial charge >= 0.3 is 0 Å². The fourth-order valence-corrected chi connectivity index (χ4v) is 2.55. The van der Waals surface area contributed by atoms with E-state index in [1.54, 1.807) is 13.0 Å². The number of aryl methyl sites for hydroxylation is 1. The highest BCUT2D eigenvalue weighted by Gasteiger charge is 2.06. The lowest BCUT2D eigenvalue weighted by molar-refractivity contribution is 0.503. The summed E-state index contributed by atoms with van der Waals surface area (Å²) in [6, 6.07) is 5.09. The van der Waals surface area contributed by atoms with E-state index in [0.29, 0.717) is 24.6 Å². The van der Waals surface area contributed by atoms with E-state index in [-0.39, 0.29) is 29.8 Å². The van der Waals surface area contributed by atoms with E-state index in [1.165, 1.54) is 6.07 Å². The van der Waals surface area contributed by atoms with Crippen molar-refractivity contribution in [2.24, 2.45) is 10.9 Å². The van der Waals surface area contributed by atoms with Crippen LogP contribution in [0.25, 0.3) is 0 Å². The van der Waals surface area contributed by atoms with Crippen LogP contribution in [0.1, 0.15) is 37.7 Å². The summed E-state index contributed by atoms with van der Waals surface area (Å²) in [4.78, 5) is 9.00. The highest BCUT2D eigenvalue weighted by molar-refractivity contribution is 14.0.